The summed E-state index contributed by atoms with van der Waals surface area (Å²) in [5.41, 5.74) is 7.13. The molecule has 4 rings (SSSR count). The van der Waals surface area contributed by atoms with Crippen molar-refractivity contribution in [1.29, 1.82) is 0 Å². The fraction of sp³-hybridized carbons (Fsp3) is 0.421. The van der Waals surface area contributed by atoms with Crippen LogP contribution in [0.15, 0.2) is 36.5 Å². The van der Waals surface area contributed by atoms with E-state index in [-0.39, 0.29) is 18.9 Å². The van der Waals surface area contributed by atoms with Crippen molar-refractivity contribution in [2.75, 3.05) is 17.2 Å². The number of aromatic nitrogens is 4. The highest BCUT2D eigenvalue weighted by Crippen LogP contribution is 2.47. The minimum atomic E-state index is -2.63. The van der Waals surface area contributed by atoms with Crippen LogP contribution < -0.4 is 16.4 Å². The zero-order chi connectivity index (χ0) is 19.9. The van der Waals surface area contributed by atoms with Crippen LogP contribution in [0.3, 0.4) is 0 Å². The third-order valence-electron chi connectivity index (χ3n) is 5.02. The van der Waals surface area contributed by atoms with Crippen molar-refractivity contribution in [3.8, 4) is 0 Å². The number of anilines is 2. The van der Waals surface area contributed by atoms with Crippen molar-refractivity contribution in [1.82, 2.24) is 19.7 Å². The molecular formula is C19H23F2N7. The Labute approximate surface area is 161 Å². The van der Waals surface area contributed by atoms with Crippen LogP contribution >= 0.6 is 0 Å². The molecule has 0 aliphatic heterocycles. The fourth-order valence-electron chi connectivity index (χ4n) is 3.68. The molecule has 1 fully saturated rings. The van der Waals surface area contributed by atoms with Gasteiger partial charge in [0.05, 0.1) is 11.6 Å². The molecule has 1 aliphatic carbocycles. The SMILES string of the molecule is Cn1ncc2c(NC3(C)CC(F)(F)C3)nc(NCC(N)c3ccccc3)nc21. The molecule has 2 aromatic heterocycles. The second-order valence-electron chi connectivity index (χ2n) is 7.69. The van der Waals surface area contributed by atoms with Crippen molar-refractivity contribution < 1.29 is 8.78 Å². The zero-order valence-corrected chi connectivity index (χ0v) is 15.8. The predicted octanol–water partition coefficient (Wildman–Crippen LogP) is 3.07. The summed E-state index contributed by atoms with van der Waals surface area (Å²) in [7, 11) is 1.78. The Kier molecular flexibility index (Phi) is 4.41. The lowest BCUT2D eigenvalue weighted by Crippen LogP contribution is -2.54. The quantitative estimate of drug-likeness (QED) is 0.602. The van der Waals surface area contributed by atoms with E-state index in [1.54, 1.807) is 24.9 Å². The summed E-state index contributed by atoms with van der Waals surface area (Å²) >= 11 is 0. The minimum Gasteiger partial charge on any atom is -0.364 e. The number of halogens is 2. The first kappa shape index (κ1) is 18.5. The van der Waals surface area contributed by atoms with E-state index in [0.29, 0.717) is 29.3 Å². The molecule has 28 heavy (non-hydrogen) atoms. The highest BCUT2D eigenvalue weighted by molar-refractivity contribution is 5.87. The Balaban J connectivity index is 1.56. The maximum atomic E-state index is 13.4. The van der Waals surface area contributed by atoms with Crippen LogP contribution in [0.4, 0.5) is 20.5 Å². The maximum absolute atomic E-state index is 13.4. The molecule has 0 spiro atoms. The summed E-state index contributed by atoms with van der Waals surface area (Å²) in [6, 6.07) is 9.50. The molecular weight excluding hydrogens is 364 g/mol. The van der Waals surface area contributed by atoms with Crippen molar-refractivity contribution in [3.63, 3.8) is 0 Å². The smallest absolute Gasteiger partial charge is 0.252 e. The number of alkyl halides is 2. The first-order valence-electron chi connectivity index (χ1n) is 9.15. The number of nitrogens with one attached hydrogen (secondary N) is 2. The lowest BCUT2D eigenvalue weighted by molar-refractivity contribution is -0.109. The molecule has 148 valence electrons. The molecule has 1 aliphatic rings. The van der Waals surface area contributed by atoms with Crippen molar-refractivity contribution in [2.45, 2.75) is 37.3 Å². The molecule has 4 N–H and O–H groups in total. The molecule has 1 aromatic carbocycles. The van der Waals surface area contributed by atoms with E-state index in [1.807, 2.05) is 30.3 Å². The van der Waals surface area contributed by atoms with E-state index in [2.05, 4.69) is 25.7 Å². The number of aryl methyl sites for hydroxylation is 1. The third-order valence-corrected chi connectivity index (χ3v) is 5.02. The zero-order valence-electron chi connectivity index (χ0n) is 15.8. The summed E-state index contributed by atoms with van der Waals surface area (Å²) in [5, 5.41) is 11.2. The number of hydrogen-bond acceptors (Lipinski definition) is 6. The van der Waals surface area contributed by atoms with Crippen LogP contribution in [-0.2, 0) is 7.05 Å². The lowest BCUT2D eigenvalue weighted by Gasteiger charge is -2.45. The average Bonchev–Trinajstić information content (AvgIpc) is 3.00. The van der Waals surface area contributed by atoms with Gasteiger partial charge in [0.2, 0.25) is 5.95 Å². The summed E-state index contributed by atoms with van der Waals surface area (Å²) in [5.74, 6) is -1.77. The van der Waals surface area contributed by atoms with Gasteiger partial charge in [-0.25, -0.2) is 8.78 Å². The van der Waals surface area contributed by atoms with E-state index >= 15 is 0 Å². The van der Waals surface area contributed by atoms with E-state index in [0.717, 1.165) is 5.56 Å². The van der Waals surface area contributed by atoms with E-state index in [4.69, 9.17) is 5.73 Å². The van der Waals surface area contributed by atoms with Gasteiger partial charge in [-0.3, -0.25) is 4.68 Å². The van der Waals surface area contributed by atoms with Crippen LogP contribution in [0.2, 0.25) is 0 Å². The minimum absolute atomic E-state index is 0.229. The first-order chi connectivity index (χ1) is 13.2. The van der Waals surface area contributed by atoms with Gasteiger partial charge in [0.1, 0.15) is 5.82 Å². The lowest BCUT2D eigenvalue weighted by atomic mass is 9.75. The number of nitrogens with two attached hydrogens (primary N) is 1. The van der Waals surface area contributed by atoms with Crippen LogP contribution in [0.1, 0.15) is 31.4 Å². The van der Waals surface area contributed by atoms with E-state index in [1.165, 1.54) is 0 Å². The number of hydrogen-bond donors (Lipinski definition) is 3. The van der Waals surface area contributed by atoms with Gasteiger partial charge >= 0.3 is 0 Å². The number of fused-ring (bicyclic) bond motifs is 1. The Hall–Kier alpha value is -2.81. The maximum Gasteiger partial charge on any atom is 0.252 e. The van der Waals surface area contributed by atoms with Gasteiger partial charge < -0.3 is 16.4 Å². The van der Waals surface area contributed by atoms with Crippen molar-refractivity contribution in [3.05, 3.63) is 42.1 Å². The van der Waals surface area contributed by atoms with Gasteiger partial charge in [0, 0.05) is 38.0 Å². The van der Waals surface area contributed by atoms with Gasteiger partial charge in [-0.1, -0.05) is 30.3 Å². The van der Waals surface area contributed by atoms with Crippen LogP contribution in [0.25, 0.3) is 11.0 Å². The second-order valence-corrected chi connectivity index (χ2v) is 7.69. The van der Waals surface area contributed by atoms with Gasteiger partial charge in [0.25, 0.3) is 5.92 Å². The van der Waals surface area contributed by atoms with Crippen LogP contribution in [0, 0.1) is 0 Å². The van der Waals surface area contributed by atoms with Crippen LogP contribution in [0.5, 0.6) is 0 Å². The molecule has 7 nitrogen and oxygen atoms in total. The fourth-order valence-corrected chi connectivity index (χ4v) is 3.68. The predicted molar refractivity (Wildman–Crippen MR) is 104 cm³/mol. The second kappa shape index (κ2) is 6.66. The highest BCUT2D eigenvalue weighted by Gasteiger charge is 2.54. The van der Waals surface area contributed by atoms with Gasteiger partial charge in [0.15, 0.2) is 5.65 Å². The highest BCUT2D eigenvalue weighted by atomic mass is 19.3. The van der Waals surface area contributed by atoms with E-state index in [9.17, 15) is 8.78 Å². The summed E-state index contributed by atoms with van der Waals surface area (Å²) in [4.78, 5) is 9.01. The molecule has 0 bridgehead atoms. The largest absolute Gasteiger partial charge is 0.364 e. The monoisotopic (exact) mass is 387 g/mol. The molecule has 0 saturated heterocycles. The Bertz CT molecular complexity index is 979. The molecule has 9 heteroatoms. The van der Waals surface area contributed by atoms with Crippen molar-refractivity contribution in [2.24, 2.45) is 12.8 Å². The number of nitrogens with zero attached hydrogens (tertiary/aromatic N) is 4. The van der Waals surface area contributed by atoms with Gasteiger partial charge in [-0.2, -0.15) is 15.1 Å². The molecule has 2 heterocycles. The Morgan fingerprint density at radius 2 is 1.93 bits per heavy atom. The standard InChI is InChI=1S/C19H23F2N7/c1-18(10-19(20,21)11-18)27-15-13-8-24-28(2)16(13)26-17(25-15)23-9-14(22)12-6-4-3-5-7-12/h3-8,14H,9-11,22H2,1-2H3,(H2,23,25,26,27). The third kappa shape index (κ3) is 3.62. The van der Waals surface area contributed by atoms with Gasteiger partial charge in [-0.05, 0) is 12.5 Å². The van der Waals surface area contributed by atoms with Crippen molar-refractivity contribution >= 4 is 22.8 Å². The van der Waals surface area contributed by atoms with Gasteiger partial charge in [-0.15, -0.1) is 0 Å². The molecule has 1 atom stereocenters. The number of rotatable bonds is 6. The molecule has 3 aromatic rings. The number of benzene rings is 1. The molecule has 0 amide bonds. The van der Waals surface area contributed by atoms with E-state index < -0.39 is 11.5 Å². The summed E-state index contributed by atoms with van der Waals surface area (Å²) in [6.45, 7) is 2.20. The summed E-state index contributed by atoms with van der Waals surface area (Å²) < 4.78 is 28.4. The summed E-state index contributed by atoms with van der Waals surface area (Å²) in [6.07, 6.45) is 1.18. The topological polar surface area (TPSA) is 93.7 Å². The molecule has 1 unspecified atom stereocenters. The van der Waals surface area contributed by atoms with Crippen LogP contribution in [-0.4, -0.2) is 37.8 Å². The first-order valence-corrected chi connectivity index (χ1v) is 9.15. The Morgan fingerprint density at radius 1 is 1.21 bits per heavy atom. The Morgan fingerprint density at radius 3 is 2.61 bits per heavy atom. The molecule has 1 saturated carbocycles. The molecule has 0 radical (unpaired) electrons. The normalized spacial score (nSPS) is 18.5. The average molecular weight is 387 g/mol.